The Morgan fingerprint density at radius 3 is 3.00 bits per heavy atom. The summed E-state index contributed by atoms with van der Waals surface area (Å²) in [4.78, 5) is 4.62. The molecule has 0 radical (unpaired) electrons. The molecule has 0 saturated heterocycles. The molecule has 0 spiro atoms. The average Bonchev–Trinajstić information content (AvgIpc) is 2.63. The van der Waals surface area contributed by atoms with Crippen molar-refractivity contribution < 1.29 is 0 Å². The number of nitrogens with two attached hydrogens (primary N) is 1. The van der Waals surface area contributed by atoms with Crippen molar-refractivity contribution in [2.75, 3.05) is 5.73 Å². The highest BCUT2D eigenvalue weighted by Gasteiger charge is 2.26. The summed E-state index contributed by atoms with van der Waals surface area (Å²) in [6, 6.07) is 3.86. The topological polar surface area (TPSA) is 56.2 Å². The Balaban J connectivity index is 2.02. The molecular formula is C12H16N4. The van der Waals surface area contributed by atoms with E-state index in [2.05, 4.69) is 17.0 Å². The Labute approximate surface area is 94.5 Å². The first-order chi connectivity index (χ1) is 7.75. The van der Waals surface area contributed by atoms with Crippen LogP contribution in [0, 0.1) is 5.92 Å². The number of rotatable bonds is 2. The van der Waals surface area contributed by atoms with Crippen molar-refractivity contribution in [3.63, 3.8) is 0 Å². The van der Waals surface area contributed by atoms with E-state index in [-0.39, 0.29) is 0 Å². The smallest absolute Gasteiger partial charge is 0.157 e. The van der Waals surface area contributed by atoms with Gasteiger partial charge in [0.1, 0.15) is 5.82 Å². The van der Waals surface area contributed by atoms with Crippen molar-refractivity contribution in [1.29, 1.82) is 0 Å². The fraction of sp³-hybridized carbons (Fsp3) is 0.500. The third kappa shape index (κ3) is 1.37. The van der Waals surface area contributed by atoms with Crippen LogP contribution in [0.2, 0.25) is 0 Å². The number of anilines is 1. The Morgan fingerprint density at radius 2 is 2.31 bits per heavy atom. The SMILES string of the molecule is C[C@@H](c1cc(N)n2nccc2n1)C1CCC1. The normalized spacial score (nSPS) is 18.6. The van der Waals surface area contributed by atoms with E-state index in [1.54, 1.807) is 10.7 Å². The Morgan fingerprint density at radius 1 is 1.50 bits per heavy atom. The highest BCUT2D eigenvalue weighted by Crippen LogP contribution is 2.38. The summed E-state index contributed by atoms with van der Waals surface area (Å²) in [5, 5.41) is 4.13. The van der Waals surface area contributed by atoms with Crippen molar-refractivity contribution >= 4 is 11.5 Å². The number of hydrogen-bond donors (Lipinski definition) is 1. The van der Waals surface area contributed by atoms with E-state index < -0.39 is 0 Å². The van der Waals surface area contributed by atoms with Crippen LogP contribution >= 0.6 is 0 Å². The second kappa shape index (κ2) is 3.47. The van der Waals surface area contributed by atoms with Crippen LogP contribution in [0.25, 0.3) is 5.65 Å². The highest BCUT2D eigenvalue weighted by atomic mass is 15.3. The molecule has 2 heterocycles. The molecule has 2 aromatic heterocycles. The van der Waals surface area contributed by atoms with E-state index >= 15 is 0 Å². The zero-order chi connectivity index (χ0) is 11.1. The van der Waals surface area contributed by atoms with Gasteiger partial charge in [0.25, 0.3) is 0 Å². The minimum absolute atomic E-state index is 0.510. The maximum atomic E-state index is 5.96. The zero-order valence-corrected chi connectivity index (χ0v) is 9.43. The van der Waals surface area contributed by atoms with Crippen molar-refractivity contribution in [3.8, 4) is 0 Å². The fourth-order valence-corrected chi connectivity index (χ4v) is 2.37. The summed E-state index contributed by atoms with van der Waals surface area (Å²) in [5.41, 5.74) is 7.91. The summed E-state index contributed by atoms with van der Waals surface area (Å²) < 4.78 is 1.68. The van der Waals surface area contributed by atoms with Gasteiger partial charge in [-0.25, -0.2) is 4.98 Å². The zero-order valence-electron chi connectivity index (χ0n) is 9.43. The molecule has 84 valence electrons. The number of hydrogen-bond acceptors (Lipinski definition) is 3. The van der Waals surface area contributed by atoms with Gasteiger partial charge in [-0.15, -0.1) is 0 Å². The standard InChI is InChI=1S/C12H16N4/c1-8(9-3-2-4-9)10-7-11(13)16-12(15-10)5-6-14-16/h5-9H,2-4,13H2,1H3/t8-/m1/s1. The van der Waals surface area contributed by atoms with Gasteiger partial charge in [-0.05, 0) is 18.8 Å². The van der Waals surface area contributed by atoms with E-state index in [0.29, 0.717) is 11.7 Å². The van der Waals surface area contributed by atoms with E-state index in [1.165, 1.54) is 19.3 Å². The molecule has 1 fully saturated rings. The van der Waals surface area contributed by atoms with Gasteiger partial charge in [-0.3, -0.25) is 0 Å². The summed E-state index contributed by atoms with van der Waals surface area (Å²) in [6.07, 6.45) is 5.75. The molecule has 0 aromatic carbocycles. The largest absolute Gasteiger partial charge is 0.384 e. The Bertz CT molecular complexity index is 513. The summed E-state index contributed by atoms with van der Waals surface area (Å²) >= 11 is 0. The minimum atomic E-state index is 0.510. The second-order valence-electron chi connectivity index (χ2n) is 4.69. The number of nitrogens with zero attached hydrogens (tertiary/aromatic N) is 3. The molecule has 3 rings (SSSR count). The van der Waals surface area contributed by atoms with Gasteiger partial charge in [0.2, 0.25) is 0 Å². The molecule has 16 heavy (non-hydrogen) atoms. The highest BCUT2D eigenvalue weighted by molar-refractivity contribution is 5.47. The molecule has 0 bridgehead atoms. The van der Waals surface area contributed by atoms with E-state index in [1.807, 2.05) is 12.1 Å². The molecular weight excluding hydrogens is 200 g/mol. The molecule has 4 heteroatoms. The van der Waals surface area contributed by atoms with E-state index in [0.717, 1.165) is 17.3 Å². The van der Waals surface area contributed by atoms with Crippen LogP contribution in [0.5, 0.6) is 0 Å². The van der Waals surface area contributed by atoms with Gasteiger partial charge in [-0.1, -0.05) is 13.3 Å². The predicted octanol–water partition coefficient (Wildman–Crippen LogP) is 2.22. The molecule has 1 aliphatic rings. The second-order valence-corrected chi connectivity index (χ2v) is 4.69. The molecule has 0 amide bonds. The maximum absolute atomic E-state index is 5.96. The summed E-state index contributed by atoms with van der Waals surface area (Å²) in [6.45, 7) is 2.25. The lowest BCUT2D eigenvalue weighted by atomic mass is 9.75. The monoisotopic (exact) mass is 216 g/mol. The van der Waals surface area contributed by atoms with Crippen LogP contribution in [0.15, 0.2) is 18.3 Å². The average molecular weight is 216 g/mol. The first-order valence-corrected chi connectivity index (χ1v) is 5.86. The van der Waals surface area contributed by atoms with Crippen molar-refractivity contribution in [2.24, 2.45) is 5.92 Å². The molecule has 0 aliphatic heterocycles. The quantitative estimate of drug-likeness (QED) is 0.837. The molecule has 1 saturated carbocycles. The number of aromatic nitrogens is 3. The predicted molar refractivity (Wildman–Crippen MR) is 63.2 cm³/mol. The molecule has 2 N–H and O–H groups in total. The number of fused-ring (bicyclic) bond motifs is 1. The Kier molecular flexibility index (Phi) is 2.09. The van der Waals surface area contributed by atoms with Gasteiger partial charge in [0.15, 0.2) is 5.65 Å². The third-order valence-electron chi connectivity index (χ3n) is 3.73. The van der Waals surface area contributed by atoms with E-state index in [9.17, 15) is 0 Å². The van der Waals surface area contributed by atoms with Gasteiger partial charge < -0.3 is 5.73 Å². The van der Waals surface area contributed by atoms with Crippen molar-refractivity contribution in [1.82, 2.24) is 14.6 Å². The van der Waals surface area contributed by atoms with Crippen LogP contribution in [-0.2, 0) is 0 Å². The minimum Gasteiger partial charge on any atom is -0.384 e. The first kappa shape index (κ1) is 9.63. The van der Waals surface area contributed by atoms with Crippen LogP contribution in [-0.4, -0.2) is 14.6 Å². The maximum Gasteiger partial charge on any atom is 0.157 e. The van der Waals surface area contributed by atoms with Gasteiger partial charge in [0, 0.05) is 23.7 Å². The van der Waals surface area contributed by atoms with Crippen molar-refractivity contribution in [3.05, 3.63) is 24.0 Å². The fourth-order valence-electron chi connectivity index (χ4n) is 2.37. The molecule has 0 unspecified atom stereocenters. The summed E-state index contributed by atoms with van der Waals surface area (Å²) in [5.74, 6) is 1.98. The van der Waals surface area contributed by atoms with Crippen molar-refractivity contribution in [2.45, 2.75) is 32.1 Å². The van der Waals surface area contributed by atoms with Crippen LogP contribution in [0.1, 0.15) is 37.8 Å². The van der Waals surface area contributed by atoms with E-state index in [4.69, 9.17) is 5.73 Å². The molecule has 4 nitrogen and oxygen atoms in total. The third-order valence-corrected chi connectivity index (χ3v) is 3.73. The van der Waals surface area contributed by atoms with Gasteiger partial charge in [-0.2, -0.15) is 9.61 Å². The molecule has 1 aliphatic carbocycles. The molecule has 2 aromatic rings. The summed E-state index contributed by atoms with van der Waals surface area (Å²) in [7, 11) is 0. The van der Waals surface area contributed by atoms with Gasteiger partial charge >= 0.3 is 0 Å². The van der Waals surface area contributed by atoms with Crippen LogP contribution in [0.3, 0.4) is 0 Å². The lowest BCUT2D eigenvalue weighted by Crippen LogP contribution is -2.19. The lowest BCUT2D eigenvalue weighted by molar-refractivity contribution is 0.269. The van der Waals surface area contributed by atoms with Crippen LogP contribution < -0.4 is 5.73 Å². The van der Waals surface area contributed by atoms with Gasteiger partial charge in [0.05, 0.1) is 6.20 Å². The number of nitrogen functional groups attached to an aromatic ring is 1. The Hall–Kier alpha value is -1.58. The molecule has 1 atom stereocenters. The first-order valence-electron chi connectivity index (χ1n) is 5.86. The van der Waals surface area contributed by atoms with Crippen LogP contribution in [0.4, 0.5) is 5.82 Å². The lowest BCUT2D eigenvalue weighted by Gasteiger charge is -2.31.